The van der Waals surface area contributed by atoms with Crippen LogP contribution in [0.3, 0.4) is 0 Å². The van der Waals surface area contributed by atoms with E-state index in [2.05, 4.69) is 92.1 Å². The van der Waals surface area contributed by atoms with Crippen molar-refractivity contribution in [1.82, 2.24) is 20.5 Å². The predicted molar refractivity (Wildman–Crippen MR) is 201 cm³/mol. The second-order valence-corrected chi connectivity index (χ2v) is 13.7. The van der Waals surface area contributed by atoms with Gasteiger partial charge in [-0.05, 0) is 85.0 Å². The van der Waals surface area contributed by atoms with Gasteiger partial charge in [-0.2, -0.15) is 0 Å². The number of rotatable bonds is 16. The molecule has 0 saturated carbocycles. The highest BCUT2D eigenvalue weighted by Gasteiger charge is 2.51. The predicted octanol–water partition coefficient (Wildman–Crippen LogP) is 7.26. The third-order valence-electron chi connectivity index (χ3n) is 11.0. The van der Waals surface area contributed by atoms with Gasteiger partial charge in [-0.25, -0.2) is 0 Å². The molecule has 272 valence electrons. The van der Waals surface area contributed by atoms with Gasteiger partial charge in [0.2, 0.25) is 0 Å². The Labute approximate surface area is 305 Å². The van der Waals surface area contributed by atoms with E-state index >= 15 is 0 Å². The highest BCUT2D eigenvalue weighted by atomic mass is 16.6. The molecule has 5 atom stereocenters. The molecule has 2 heterocycles. The summed E-state index contributed by atoms with van der Waals surface area (Å²) >= 11 is 0. The van der Waals surface area contributed by atoms with E-state index in [1.807, 2.05) is 0 Å². The number of pyridine rings is 1. The van der Waals surface area contributed by atoms with Crippen molar-refractivity contribution in [2.45, 2.75) is 56.4 Å². The van der Waals surface area contributed by atoms with Crippen molar-refractivity contribution in [2.24, 2.45) is 22.9 Å². The van der Waals surface area contributed by atoms with E-state index in [4.69, 9.17) is 5.53 Å². The number of aromatic nitrogens is 1. The summed E-state index contributed by atoms with van der Waals surface area (Å²) in [5.41, 5.74) is 8.99. The third-order valence-corrected chi connectivity index (χ3v) is 11.0. The number of carbonyl (C=O) groups excluding carboxylic acids is 2. The Morgan fingerprint density at radius 1 is 1.12 bits per heavy atom. The number of allylic oxidation sites excluding steroid dienone is 4. The highest BCUT2D eigenvalue weighted by molar-refractivity contribution is 5.98. The number of hydrogen-bond donors (Lipinski definition) is 2. The van der Waals surface area contributed by atoms with Gasteiger partial charge >= 0.3 is 0 Å². The van der Waals surface area contributed by atoms with Gasteiger partial charge in [0.05, 0.1) is 4.92 Å². The molecule has 2 aromatic carbocycles. The quantitative estimate of drug-likeness (QED) is 0.0398. The van der Waals surface area contributed by atoms with Crippen LogP contribution in [-0.2, 0) is 15.7 Å². The van der Waals surface area contributed by atoms with Crippen molar-refractivity contribution in [3.8, 4) is 0 Å². The second-order valence-electron chi connectivity index (χ2n) is 13.7. The molecule has 0 radical (unpaired) electrons. The van der Waals surface area contributed by atoms with Crippen molar-refractivity contribution in [3.63, 3.8) is 0 Å². The zero-order valence-electron chi connectivity index (χ0n) is 29.9. The molecule has 1 fully saturated rings. The monoisotopic (exact) mass is 704 g/mol. The molecule has 5 unspecified atom stereocenters. The van der Waals surface area contributed by atoms with Gasteiger partial charge in [-0.15, -0.1) is 0 Å². The zero-order valence-corrected chi connectivity index (χ0v) is 29.9. The van der Waals surface area contributed by atoms with Crippen LogP contribution in [0.5, 0.6) is 0 Å². The Morgan fingerprint density at radius 2 is 1.88 bits per heavy atom. The van der Waals surface area contributed by atoms with Gasteiger partial charge in [0.15, 0.2) is 0 Å². The van der Waals surface area contributed by atoms with Crippen LogP contribution in [0.15, 0.2) is 108 Å². The van der Waals surface area contributed by atoms with Crippen molar-refractivity contribution in [1.29, 1.82) is 0 Å². The molecule has 3 aromatic rings. The average molecular weight is 705 g/mol. The first-order chi connectivity index (χ1) is 25.3. The van der Waals surface area contributed by atoms with Crippen molar-refractivity contribution in [3.05, 3.63) is 141 Å². The first kappa shape index (κ1) is 37.9. The second kappa shape index (κ2) is 17.7. The minimum atomic E-state index is -1.62. The fourth-order valence-corrected chi connectivity index (χ4v) is 8.51. The van der Waals surface area contributed by atoms with Crippen molar-refractivity contribution < 1.29 is 14.5 Å². The molecule has 0 spiro atoms. The maximum Gasteiger partial charge on any atom is 0.270 e. The standard InChI is InChI=1S/C40H48N8O4/c1-3-30-28-47(27-24-39(30,31-14-6-4-7-15-31)32-16-8-5-9-17-32)29-34(18-10-13-26-44-46-41)40(38(50)42-2,33-20-22-35(23-21-33)48(51)52)45-37(49)36-19-11-12-25-43-36/h4-9,11-12,14-16,19-23,25,30,32,34H,3,10,13,17-18,24,26-29H2,1-2H3,(H,42,50)(H,45,49). The molecule has 12 heteroatoms. The molecule has 1 aliphatic heterocycles. The smallest absolute Gasteiger partial charge is 0.270 e. The number of hydrogen-bond acceptors (Lipinski definition) is 7. The molecular formula is C40H48N8O4. The van der Waals surface area contributed by atoms with E-state index in [-0.39, 0.29) is 16.8 Å². The van der Waals surface area contributed by atoms with Crippen LogP contribution in [0.25, 0.3) is 10.4 Å². The van der Waals surface area contributed by atoms with Gasteiger partial charge in [-0.3, -0.25) is 24.7 Å². The number of nitrogens with one attached hydrogen (secondary N) is 2. The minimum Gasteiger partial charge on any atom is -0.357 e. The van der Waals surface area contributed by atoms with Gasteiger partial charge in [0.1, 0.15) is 11.2 Å². The zero-order chi connectivity index (χ0) is 37.0. The van der Waals surface area contributed by atoms with E-state index in [0.29, 0.717) is 49.8 Å². The average Bonchev–Trinajstić information content (AvgIpc) is 3.20. The van der Waals surface area contributed by atoms with Crippen LogP contribution < -0.4 is 10.6 Å². The van der Waals surface area contributed by atoms with Crippen LogP contribution >= 0.6 is 0 Å². The molecule has 1 aliphatic carbocycles. The molecule has 52 heavy (non-hydrogen) atoms. The van der Waals surface area contributed by atoms with Crippen LogP contribution in [0.4, 0.5) is 5.69 Å². The summed E-state index contributed by atoms with van der Waals surface area (Å²) in [6.45, 7) is 4.58. The van der Waals surface area contributed by atoms with Crippen LogP contribution in [-0.4, -0.2) is 59.8 Å². The lowest BCUT2D eigenvalue weighted by atomic mass is 9.57. The molecule has 1 aromatic heterocycles. The summed E-state index contributed by atoms with van der Waals surface area (Å²) in [6, 6.07) is 21.7. The fourth-order valence-electron chi connectivity index (χ4n) is 8.51. The number of piperidine rings is 1. The molecule has 2 aliphatic rings. The number of nitrogens with zero attached hydrogens (tertiary/aromatic N) is 6. The molecule has 2 N–H and O–H groups in total. The lowest BCUT2D eigenvalue weighted by molar-refractivity contribution is -0.384. The summed E-state index contributed by atoms with van der Waals surface area (Å²) in [6.07, 6.45) is 15.0. The van der Waals surface area contributed by atoms with Crippen molar-refractivity contribution >= 4 is 17.5 Å². The Hall–Kier alpha value is -5.32. The first-order valence-corrected chi connectivity index (χ1v) is 18.1. The van der Waals surface area contributed by atoms with Crippen LogP contribution in [0.2, 0.25) is 0 Å². The summed E-state index contributed by atoms with van der Waals surface area (Å²) in [5, 5.41) is 21.3. The molecule has 12 nitrogen and oxygen atoms in total. The highest BCUT2D eigenvalue weighted by Crippen LogP contribution is 2.50. The van der Waals surface area contributed by atoms with E-state index in [1.54, 1.807) is 30.3 Å². The number of likely N-dealkylation sites (tertiary alicyclic amines) is 1. The Bertz CT molecular complexity index is 1780. The SMILES string of the molecule is CCC1CN(CC(CCCCN=[N+]=[N-])C(NC(=O)c2ccccn2)(C(=O)NC)c2ccc([N+](=O)[O-])cc2)CCC1(c1ccccc1)C1C=CC=CC1. The number of azide groups is 1. The maximum absolute atomic E-state index is 14.5. The molecule has 1 saturated heterocycles. The van der Waals surface area contributed by atoms with Gasteiger partial charge in [0.25, 0.3) is 17.5 Å². The molecule has 0 bridgehead atoms. The summed E-state index contributed by atoms with van der Waals surface area (Å²) in [5.74, 6) is -0.815. The Morgan fingerprint density at radius 3 is 2.52 bits per heavy atom. The number of nitro groups is 1. The number of amides is 2. The topological polar surface area (TPSA) is 166 Å². The molecule has 5 rings (SSSR count). The number of nitro benzene ring substituents is 1. The number of unbranched alkanes of at least 4 members (excludes halogenated alkanes) is 1. The number of likely N-dealkylation sites (N-methyl/N-ethyl adjacent to an activating group) is 1. The van der Waals surface area contributed by atoms with Crippen LogP contribution in [0, 0.1) is 27.9 Å². The van der Waals surface area contributed by atoms with Crippen molar-refractivity contribution in [2.75, 3.05) is 33.2 Å². The van der Waals surface area contributed by atoms with E-state index in [1.165, 1.54) is 30.9 Å². The lowest BCUT2D eigenvalue weighted by Crippen LogP contribution is -2.63. The number of carbonyl (C=O) groups is 2. The van der Waals surface area contributed by atoms with E-state index in [0.717, 1.165) is 32.4 Å². The van der Waals surface area contributed by atoms with Gasteiger partial charge in [0, 0.05) is 61.3 Å². The summed E-state index contributed by atoms with van der Waals surface area (Å²) < 4.78 is 0. The van der Waals surface area contributed by atoms with Gasteiger partial charge in [-0.1, -0.05) is 85.6 Å². The van der Waals surface area contributed by atoms with E-state index in [9.17, 15) is 19.7 Å². The normalized spacial score (nSPS) is 21.7. The lowest BCUT2D eigenvalue weighted by Gasteiger charge is -2.53. The molecular weight excluding hydrogens is 656 g/mol. The minimum absolute atomic E-state index is 0.0813. The first-order valence-electron chi connectivity index (χ1n) is 18.1. The third kappa shape index (κ3) is 8.09. The molecule has 2 amide bonds. The largest absolute Gasteiger partial charge is 0.357 e. The van der Waals surface area contributed by atoms with Gasteiger partial charge < -0.3 is 15.5 Å². The fraction of sp³-hybridized carbons (Fsp3) is 0.425. The Balaban J connectivity index is 1.58. The number of non-ortho nitro benzene ring substituents is 1. The number of benzene rings is 2. The Kier molecular flexibility index (Phi) is 12.9. The summed E-state index contributed by atoms with van der Waals surface area (Å²) in [4.78, 5) is 49.2. The van der Waals surface area contributed by atoms with E-state index < -0.39 is 28.2 Å². The maximum atomic E-state index is 14.5. The summed E-state index contributed by atoms with van der Waals surface area (Å²) in [7, 11) is 1.53. The van der Waals surface area contributed by atoms with Crippen LogP contribution in [0.1, 0.15) is 67.1 Å².